The maximum atomic E-state index is 10.7. The van der Waals surface area contributed by atoms with Crippen LogP contribution in [0.4, 0.5) is 0 Å². The third-order valence-corrected chi connectivity index (χ3v) is 3.11. The summed E-state index contributed by atoms with van der Waals surface area (Å²) < 4.78 is 10.1. The van der Waals surface area contributed by atoms with Crippen molar-refractivity contribution in [3.05, 3.63) is 0 Å². The number of rotatable bonds is 3. The highest BCUT2D eigenvalue weighted by Crippen LogP contribution is 2.43. The van der Waals surface area contributed by atoms with Crippen molar-refractivity contribution in [2.75, 3.05) is 0 Å². The van der Waals surface area contributed by atoms with E-state index in [1.165, 1.54) is 0 Å². The van der Waals surface area contributed by atoms with Gasteiger partial charge in [0.25, 0.3) is 0 Å². The monoisotopic (exact) mass is 163 g/mol. The van der Waals surface area contributed by atoms with Crippen molar-refractivity contribution < 1.29 is 14.1 Å². The number of carbonyl (C=O) groups is 1. The first-order valence-corrected chi connectivity index (χ1v) is 4.16. The number of carboxylic acids is 1. The van der Waals surface area contributed by atoms with E-state index in [1.54, 1.807) is 0 Å². The van der Waals surface area contributed by atoms with Crippen LogP contribution in [-0.2, 0) is 15.8 Å². The first kappa shape index (κ1) is 7.68. The zero-order valence-electron chi connectivity index (χ0n) is 5.37. The molecule has 0 heterocycles. The summed E-state index contributed by atoms with van der Waals surface area (Å²) in [5.41, 5.74) is 0. The molecule has 1 aliphatic rings. The highest BCUT2D eigenvalue weighted by atomic mass is 32.2. The summed E-state index contributed by atoms with van der Waals surface area (Å²) in [5, 5.41) is 13.4. The molecule has 1 unspecified atom stereocenters. The molecular weight excluding hydrogens is 154 g/mol. The van der Waals surface area contributed by atoms with Crippen molar-refractivity contribution in [3.8, 4) is 0 Å². The van der Waals surface area contributed by atoms with Crippen LogP contribution in [0.1, 0.15) is 19.3 Å². The lowest BCUT2D eigenvalue weighted by Crippen LogP contribution is -2.26. The molecule has 0 aromatic rings. The zero-order valence-corrected chi connectivity index (χ0v) is 6.19. The van der Waals surface area contributed by atoms with E-state index in [0.29, 0.717) is 12.8 Å². The molecule has 0 amide bonds. The van der Waals surface area contributed by atoms with Crippen molar-refractivity contribution >= 4 is 17.0 Å². The fraction of sp³-hybridized carbons (Fsp3) is 0.800. The quantitative estimate of drug-likeness (QED) is 0.595. The van der Waals surface area contributed by atoms with Crippen LogP contribution in [0.3, 0.4) is 0 Å². The van der Waals surface area contributed by atoms with Gasteiger partial charge in [-0.1, -0.05) is 0 Å². The van der Waals surface area contributed by atoms with Crippen molar-refractivity contribution in [2.45, 2.75) is 24.0 Å². The Morgan fingerprint density at radius 1 is 1.70 bits per heavy atom. The van der Waals surface area contributed by atoms with Gasteiger partial charge < -0.3 is 5.11 Å². The highest BCUT2D eigenvalue weighted by molar-refractivity contribution is 7.84. The van der Waals surface area contributed by atoms with Crippen LogP contribution in [-0.4, -0.2) is 20.0 Å². The van der Waals surface area contributed by atoms with Crippen LogP contribution in [0, 0.1) is 0 Å². The van der Waals surface area contributed by atoms with Gasteiger partial charge in [0.15, 0.2) is 0 Å². The minimum atomic E-state index is -1.47. The van der Waals surface area contributed by atoms with Crippen LogP contribution in [0.5, 0.6) is 0 Å². The normalized spacial score (nSPS) is 23.7. The number of aliphatic carboxylic acids is 1. The second-order valence-corrected chi connectivity index (χ2v) is 4.01. The summed E-state index contributed by atoms with van der Waals surface area (Å²) in [7, 11) is -1.47. The third-order valence-electron chi connectivity index (χ3n) is 1.71. The molecule has 0 aromatic carbocycles. The Bertz CT molecular complexity index is 187. The van der Waals surface area contributed by atoms with Crippen molar-refractivity contribution in [2.24, 2.45) is 5.14 Å². The van der Waals surface area contributed by atoms with Gasteiger partial charge in [-0.15, -0.1) is 0 Å². The van der Waals surface area contributed by atoms with Gasteiger partial charge in [0.05, 0.1) is 22.2 Å². The van der Waals surface area contributed by atoms with E-state index in [2.05, 4.69) is 0 Å². The van der Waals surface area contributed by atoms with Crippen LogP contribution in [0.2, 0.25) is 0 Å². The third kappa shape index (κ3) is 1.35. The SMILES string of the molecule is NS(=O)C1(CC(=O)O)CC1. The van der Waals surface area contributed by atoms with Crippen molar-refractivity contribution in [1.82, 2.24) is 0 Å². The van der Waals surface area contributed by atoms with E-state index in [4.69, 9.17) is 10.2 Å². The topological polar surface area (TPSA) is 80.4 Å². The molecule has 3 N–H and O–H groups in total. The largest absolute Gasteiger partial charge is 0.481 e. The van der Waals surface area contributed by atoms with Gasteiger partial charge in [-0.25, -0.2) is 4.21 Å². The molecule has 4 nitrogen and oxygen atoms in total. The summed E-state index contributed by atoms with van der Waals surface area (Å²) in [4.78, 5) is 10.2. The van der Waals surface area contributed by atoms with Crippen LogP contribution >= 0.6 is 0 Å². The van der Waals surface area contributed by atoms with Gasteiger partial charge in [-0.3, -0.25) is 9.93 Å². The number of hydrogen-bond donors (Lipinski definition) is 2. The average Bonchev–Trinajstić information content (AvgIpc) is 2.46. The molecule has 10 heavy (non-hydrogen) atoms. The highest BCUT2D eigenvalue weighted by Gasteiger charge is 2.49. The van der Waals surface area contributed by atoms with E-state index in [0.717, 1.165) is 0 Å². The Morgan fingerprint density at radius 3 is 2.30 bits per heavy atom. The Hall–Kier alpha value is -0.420. The minimum absolute atomic E-state index is 0.0594. The second kappa shape index (κ2) is 2.32. The van der Waals surface area contributed by atoms with Gasteiger partial charge in [0.2, 0.25) is 0 Å². The van der Waals surface area contributed by atoms with E-state index in [9.17, 15) is 9.00 Å². The molecule has 0 radical (unpaired) electrons. The van der Waals surface area contributed by atoms with E-state index in [1.807, 2.05) is 0 Å². The molecule has 5 heteroatoms. The van der Waals surface area contributed by atoms with Gasteiger partial charge in [-0.05, 0) is 12.8 Å². The van der Waals surface area contributed by atoms with Crippen molar-refractivity contribution in [1.29, 1.82) is 0 Å². The van der Waals surface area contributed by atoms with E-state index >= 15 is 0 Å². The summed E-state index contributed by atoms with van der Waals surface area (Å²) in [5.74, 6) is -0.920. The zero-order chi connectivity index (χ0) is 7.78. The Labute approximate surface area is 61.0 Å². The summed E-state index contributed by atoms with van der Waals surface area (Å²) in [6, 6.07) is 0. The number of hydrogen-bond acceptors (Lipinski definition) is 2. The second-order valence-electron chi connectivity index (χ2n) is 2.55. The molecule has 1 atom stereocenters. The molecule has 1 aliphatic carbocycles. The maximum Gasteiger partial charge on any atom is 0.304 e. The molecule has 58 valence electrons. The fourth-order valence-corrected chi connectivity index (χ4v) is 1.63. The number of nitrogens with two attached hydrogens (primary N) is 1. The van der Waals surface area contributed by atoms with E-state index < -0.39 is 21.7 Å². The molecule has 0 aliphatic heterocycles. The van der Waals surface area contributed by atoms with Gasteiger partial charge in [0, 0.05) is 0 Å². The smallest absolute Gasteiger partial charge is 0.304 e. The number of carboxylic acid groups (broad SMARTS) is 1. The molecule has 0 saturated heterocycles. The lowest BCUT2D eigenvalue weighted by atomic mass is 10.3. The summed E-state index contributed by atoms with van der Waals surface area (Å²) in [6.07, 6.45) is 1.31. The molecule has 1 fully saturated rings. The molecule has 0 bridgehead atoms. The van der Waals surface area contributed by atoms with E-state index in [-0.39, 0.29) is 6.42 Å². The first-order valence-electron chi connectivity index (χ1n) is 2.95. The Kier molecular flexibility index (Phi) is 1.78. The predicted molar refractivity (Wildman–Crippen MR) is 36.5 cm³/mol. The van der Waals surface area contributed by atoms with Gasteiger partial charge in [-0.2, -0.15) is 0 Å². The molecule has 0 aromatic heterocycles. The lowest BCUT2D eigenvalue weighted by molar-refractivity contribution is -0.137. The van der Waals surface area contributed by atoms with Crippen molar-refractivity contribution in [3.63, 3.8) is 0 Å². The predicted octanol–water partition coefficient (Wildman–Crippen LogP) is -0.384. The standard InChI is InChI=1S/C5H9NO3S/c6-10(9)5(1-2-5)3-4(7)8/h1-3,6H2,(H,7,8). The molecular formula is C5H9NO3S. The molecule has 0 spiro atoms. The minimum Gasteiger partial charge on any atom is -0.481 e. The molecule has 1 rings (SSSR count). The van der Waals surface area contributed by atoms with Gasteiger partial charge in [0.1, 0.15) is 0 Å². The van der Waals surface area contributed by atoms with Crippen LogP contribution < -0.4 is 5.14 Å². The Balaban J connectivity index is 2.53. The first-order chi connectivity index (χ1) is 4.57. The molecule has 1 saturated carbocycles. The maximum absolute atomic E-state index is 10.7. The van der Waals surface area contributed by atoms with Crippen LogP contribution in [0.15, 0.2) is 0 Å². The van der Waals surface area contributed by atoms with Crippen LogP contribution in [0.25, 0.3) is 0 Å². The summed E-state index contributed by atoms with van der Waals surface area (Å²) >= 11 is 0. The van der Waals surface area contributed by atoms with Gasteiger partial charge >= 0.3 is 5.97 Å². The summed E-state index contributed by atoms with van der Waals surface area (Å²) in [6.45, 7) is 0. The average molecular weight is 163 g/mol. The Morgan fingerprint density at radius 2 is 2.20 bits per heavy atom. The fourth-order valence-electron chi connectivity index (χ4n) is 0.864. The lowest BCUT2D eigenvalue weighted by Gasteiger charge is -2.05.